The molecule has 1 aliphatic rings. The van der Waals surface area contributed by atoms with Gasteiger partial charge in [0.05, 0.1) is 6.54 Å². The lowest BCUT2D eigenvalue weighted by Crippen LogP contribution is -2.29. The Morgan fingerprint density at radius 1 is 1.04 bits per heavy atom. The minimum absolute atomic E-state index is 0.0398. The first-order valence-electron chi connectivity index (χ1n) is 8.66. The molecule has 0 aliphatic carbocycles. The fourth-order valence-electron chi connectivity index (χ4n) is 2.70. The number of rotatable bonds is 8. The van der Waals surface area contributed by atoms with Gasteiger partial charge in [-0.2, -0.15) is 13.9 Å². The summed E-state index contributed by atoms with van der Waals surface area (Å²) >= 11 is 0. The van der Waals surface area contributed by atoms with Gasteiger partial charge in [-0.3, -0.25) is 5.01 Å². The Bertz CT molecular complexity index is 789. The first-order valence-corrected chi connectivity index (χ1v) is 8.66. The van der Waals surface area contributed by atoms with Gasteiger partial charge in [-0.05, 0) is 23.3 Å². The zero-order valence-corrected chi connectivity index (χ0v) is 14.9. The standard InChI is InChI=1S/C20H22F2N4O/c21-20(22)18(10-23)12-26-15-25(14-24-26)11-16-6-8-19(9-7-16)27-13-17-4-2-1-3-5-17/h1-9,14H,10-13,15,23H2. The molecule has 0 fully saturated rings. The smallest absolute Gasteiger partial charge is 0.272 e. The zero-order chi connectivity index (χ0) is 19.1. The molecular formula is C20H22F2N4O. The van der Waals surface area contributed by atoms with Crippen molar-refractivity contribution in [2.45, 2.75) is 13.2 Å². The second-order valence-corrected chi connectivity index (χ2v) is 6.27. The van der Waals surface area contributed by atoms with Gasteiger partial charge in [0.15, 0.2) is 0 Å². The van der Waals surface area contributed by atoms with Crippen LogP contribution in [-0.2, 0) is 13.2 Å². The summed E-state index contributed by atoms with van der Waals surface area (Å²) < 4.78 is 31.2. The molecule has 0 amide bonds. The Morgan fingerprint density at radius 2 is 1.78 bits per heavy atom. The third kappa shape index (κ3) is 5.52. The molecule has 27 heavy (non-hydrogen) atoms. The maximum atomic E-state index is 12.7. The van der Waals surface area contributed by atoms with Gasteiger partial charge in [0.1, 0.15) is 25.4 Å². The fourth-order valence-corrected chi connectivity index (χ4v) is 2.70. The second-order valence-electron chi connectivity index (χ2n) is 6.27. The van der Waals surface area contributed by atoms with Gasteiger partial charge in [0, 0.05) is 18.7 Å². The summed E-state index contributed by atoms with van der Waals surface area (Å²) in [7, 11) is 0. The summed E-state index contributed by atoms with van der Waals surface area (Å²) in [6.07, 6.45) is -0.0679. The largest absolute Gasteiger partial charge is 0.489 e. The van der Waals surface area contributed by atoms with Crippen LogP contribution in [0, 0.1) is 0 Å². The highest BCUT2D eigenvalue weighted by molar-refractivity contribution is 5.56. The van der Waals surface area contributed by atoms with Crippen LogP contribution in [0.25, 0.3) is 0 Å². The number of nitrogens with zero attached hydrogens (tertiary/aromatic N) is 3. The lowest BCUT2D eigenvalue weighted by molar-refractivity contribution is 0.242. The van der Waals surface area contributed by atoms with E-state index in [4.69, 9.17) is 10.5 Å². The quantitative estimate of drug-likeness (QED) is 0.772. The monoisotopic (exact) mass is 372 g/mol. The van der Waals surface area contributed by atoms with Crippen LogP contribution in [0.15, 0.2) is 71.4 Å². The third-order valence-corrected chi connectivity index (χ3v) is 4.17. The molecule has 0 saturated carbocycles. The maximum absolute atomic E-state index is 12.7. The van der Waals surface area contributed by atoms with E-state index in [1.165, 1.54) is 0 Å². The van der Waals surface area contributed by atoms with Crippen LogP contribution < -0.4 is 10.5 Å². The van der Waals surface area contributed by atoms with E-state index in [2.05, 4.69) is 5.10 Å². The van der Waals surface area contributed by atoms with Crippen LogP contribution in [0.3, 0.4) is 0 Å². The molecule has 2 aromatic carbocycles. The Balaban J connectivity index is 1.48. The minimum Gasteiger partial charge on any atom is -0.489 e. The molecule has 0 spiro atoms. The van der Waals surface area contributed by atoms with Crippen molar-refractivity contribution in [2.24, 2.45) is 10.8 Å². The summed E-state index contributed by atoms with van der Waals surface area (Å²) in [6.45, 7) is 1.48. The molecule has 142 valence electrons. The predicted octanol–water partition coefficient (Wildman–Crippen LogP) is 3.39. The van der Waals surface area contributed by atoms with Crippen molar-refractivity contribution in [3.8, 4) is 5.75 Å². The van der Waals surface area contributed by atoms with E-state index in [1.807, 2.05) is 59.5 Å². The number of hydrogen-bond donors (Lipinski definition) is 1. The number of ether oxygens (including phenoxy) is 1. The fraction of sp³-hybridized carbons (Fsp3) is 0.250. The molecule has 1 aliphatic heterocycles. The van der Waals surface area contributed by atoms with Crippen LogP contribution in [0.5, 0.6) is 5.75 Å². The van der Waals surface area contributed by atoms with Crippen LogP contribution in [0.2, 0.25) is 0 Å². The number of hydrazone groups is 1. The van der Waals surface area contributed by atoms with Crippen LogP contribution in [0.1, 0.15) is 11.1 Å². The summed E-state index contributed by atoms with van der Waals surface area (Å²) in [6, 6.07) is 17.8. The zero-order valence-electron chi connectivity index (χ0n) is 14.9. The van der Waals surface area contributed by atoms with Crippen molar-refractivity contribution in [1.82, 2.24) is 9.91 Å². The lowest BCUT2D eigenvalue weighted by atomic mass is 10.2. The molecule has 0 bridgehead atoms. The molecule has 0 radical (unpaired) electrons. The van der Waals surface area contributed by atoms with Crippen molar-refractivity contribution in [3.05, 3.63) is 77.4 Å². The van der Waals surface area contributed by atoms with E-state index in [0.29, 0.717) is 19.8 Å². The highest BCUT2D eigenvalue weighted by Gasteiger charge is 2.17. The van der Waals surface area contributed by atoms with Gasteiger partial charge in [-0.25, -0.2) is 0 Å². The predicted molar refractivity (Wildman–Crippen MR) is 101 cm³/mol. The normalized spacial score (nSPS) is 13.1. The van der Waals surface area contributed by atoms with Crippen LogP contribution >= 0.6 is 0 Å². The van der Waals surface area contributed by atoms with Crippen molar-refractivity contribution in [1.29, 1.82) is 0 Å². The first kappa shape index (κ1) is 18.8. The Labute approximate surface area is 157 Å². The van der Waals surface area contributed by atoms with Gasteiger partial charge in [0.25, 0.3) is 6.08 Å². The number of nitrogens with two attached hydrogens (primary N) is 1. The van der Waals surface area contributed by atoms with Crippen LogP contribution in [0.4, 0.5) is 8.78 Å². The summed E-state index contributed by atoms with van der Waals surface area (Å²) in [5.41, 5.74) is 7.46. The SMILES string of the molecule is NCC(CN1CN(Cc2ccc(OCc3ccccc3)cc2)C=N1)=C(F)F. The van der Waals surface area contributed by atoms with E-state index in [-0.39, 0.29) is 18.7 Å². The highest BCUT2D eigenvalue weighted by Crippen LogP contribution is 2.17. The third-order valence-electron chi connectivity index (χ3n) is 4.17. The van der Waals surface area contributed by atoms with E-state index >= 15 is 0 Å². The summed E-state index contributed by atoms with van der Waals surface area (Å²) in [4.78, 5) is 1.95. The highest BCUT2D eigenvalue weighted by atomic mass is 19.3. The summed E-state index contributed by atoms with van der Waals surface area (Å²) in [5, 5.41) is 5.72. The number of benzene rings is 2. The van der Waals surface area contributed by atoms with Crippen molar-refractivity contribution in [2.75, 3.05) is 19.8 Å². The van der Waals surface area contributed by atoms with E-state index in [9.17, 15) is 8.78 Å². The Morgan fingerprint density at radius 3 is 2.44 bits per heavy atom. The molecule has 0 saturated heterocycles. The van der Waals surface area contributed by atoms with Gasteiger partial charge >= 0.3 is 0 Å². The number of hydrogen-bond acceptors (Lipinski definition) is 5. The molecule has 0 unspecified atom stereocenters. The average molecular weight is 372 g/mol. The molecule has 5 nitrogen and oxygen atoms in total. The van der Waals surface area contributed by atoms with E-state index in [1.54, 1.807) is 11.3 Å². The Hall–Kier alpha value is -2.93. The van der Waals surface area contributed by atoms with Gasteiger partial charge in [-0.15, -0.1) is 0 Å². The molecular weight excluding hydrogens is 350 g/mol. The molecule has 1 heterocycles. The number of halogens is 2. The van der Waals surface area contributed by atoms with Gasteiger partial charge in [-0.1, -0.05) is 42.5 Å². The van der Waals surface area contributed by atoms with Gasteiger partial charge < -0.3 is 15.4 Å². The van der Waals surface area contributed by atoms with E-state index in [0.717, 1.165) is 16.9 Å². The summed E-state index contributed by atoms with van der Waals surface area (Å²) in [5.74, 6) is 0.801. The lowest BCUT2D eigenvalue weighted by Gasteiger charge is -2.19. The topological polar surface area (TPSA) is 54.1 Å². The average Bonchev–Trinajstić information content (AvgIpc) is 3.13. The maximum Gasteiger partial charge on any atom is 0.272 e. The van der Waals surface area contributed by atoms with Crippen LogP contribution in [-0.4, -0.2) is 36.0 Å². The Kier molecular flexibility index (Phi) is 6.38. The molecule has 2 aromatic rings. The second kappa shape index (κ2) is 9.14. The molecule has 0 atom stereocenters. The van der Waals surface area contributed by atoms with Crippen molar-refractivity contribution in [3.63, 3.8) is 0 Å². The van der Waals surface area contributed by atoms with Gasteiger partial charge in [0.2, 0.25) is 0 Å². The van der Waals surface area contributed by atoms with E-state index < -0.39 is 6.08 Å². The molecule has 2 N–H and O–H groups in total. The first-order chi connectivity index (χ1) is 13.1. The minimum atomic E-state index is -1.72. The van der Waals surface area contributed by atoms with Crippen molar-refractivity contribution < 1.29 is 13.5 Å². The molecule has 7 heteroatoms. The molecule has 3 rings (SSSR count). The van der Waals surface area contributed by atoms with Crippen molar-refractivity contribution >= 4 is 6.34 Å². The molecule has 0 aromatic heterocycles.